The minimum absolute atomic E-state index is 0.128. The van der Waals surface area contributed by atoms with Crippen molar-refractivity contribution in [2.45, 2.75) is 20.4 Å². The molecule has 3 aromatic rings. The normalized spacial score (nSPS) is 14.6. The van der Waals surface area contributed by atoms with Crippen molar-refractivity contribution in [3.8, 4) is 5.69 Å². The van der Waals surface area contributed by atoms with Gasteiger partial charge in [0.15, 0.2) is 17.5 Å². The first kappa shape index (κ1) is 20.9. The van der Waals surface area contributed by atoms with E-state index < -0.39 is 11.6 Å². The number of hydrogen-bond acceptors (Lipinski definition) is 5. The third-order valence-electron chi connectivity index (χ3n) is 5.18. The summed E-state index contributed by atoms with van der Waals surface area (Å²) in [5.74, 6) is -1.37. The number of hydrogen-bond donors (Lipinski definition) is 1. The van der Waals surface area contributed by atoms with Gasteiger partial charge in [-0.3, -0.25) is 4.90 Å². The van der Waals surface area contributed by atoms with Crippen molar-refractivity contribution in [2.24, 2.45) is 0 Å². The minimum atomic E-state index is -0.956. The Morgan fingerprint density at radius 1 is 1.00 bits per heavy atom. The SMILES string of the molecule is Cc1cc(C)cc(NC(=O)N2CCN(Cc3nnnn3-c3ccc(F)c(F)c3)CC2)c1. The fourth-order valence-electron chi connectivity index (χ4n) is 3.68. The molecule has 0 radical (unpaired) electrons. The van der Waals surface area contributed by atoms with Gasteiger partial charge in [0.1, 0.15) is 0 Å². The molecule has 162 valence electrons. The standard InChI is InChI=1S/C21H23F2N7O/c1-14-9-15(2)11-16(10-14)24-21(31)29-7-5-28(6-8-29)13-20-25-26-27-30(20)17-3-4-18(22)19(23)12-17/h3-4,9-12H,5-8,13H2,1-2H3,(H,24,31). The second-order valence-electron chi connectivity index (χ2n) is 7.68. The number of rotatable bonds is 4. The Kier molecular flexibility index (Phi) is 5.90. The first-order valence-electron chi connectivity index (χ1n) is 9.98. The number of carbonyl (C=O) groups excluding carboxylic acids is 1. The van der Waals surface area contributed by atoms with Crippen molar-refractivity contribution in [3.63, 3.8) is 0 Å². The summed E-state index contributed by atoms with van der Waals surface area (Å²) >= 11 is 0. The number of anilines is 1. The molecule has 1 aliphatic rings. The van der Waals surface area contributed by atoms with Crippen molar-refractivity contribution < 1.29 is 13.6 Å². The van der Waals surface area contributed by atoms with Crippen LogP contribution in [0.1, 0.15) is 17.0 Å². The number of urea groups is 1. The molecule has 2 heterocycles. The van der Waals surface area contributed by atoms with E-state index in [2.05, 4.69) is 31.8 Å². The van der Waals surface area contributed by atoms with Gasteiger partial charge in [-0.2, -0.15) is 4.68 Å². The molecule has 31 heavy (non-hydrogen) atoms. The Morgan fingerprint density at radius 3 is 2.39 bits per heavy atom. The molecule has 1 aromatic heterocycles. The number of tetrazole rings is 1. The summed E-state index contributed by atoms with van der Waals surface area (Å²) in [6.07, 6.45) is 0. The van der Waals surface area contributed by atoms with E-state index in [0.717, 1.165) is 28.9 Å². The van der Waals surface area contributed by atoms with Gasteiger partial charge < -0.3 is 10.2 Å². The topological polar surface area (TPSA) is 79.2 Å². The van der Waals surface area contributed by atoms with E-state index in [-0.39, 0.29) is 6.03 Å². The van der Waals surface area contributed by atoms with Gasteiger partial charge in [0.05, 0.1) is 12.2 Å². The van der Waals surface area contributed by atoms with Gasteiger partial charge in [0.25, 0.3) is 0 Å². The predicted molar refractivity (Wildman–Crippen MR) is 111 cm³/mol. The molecule has 1 fully saturated rings. The zero-order valence-electron chi connectivity index (χ0n) is 17.3. The lowest BCUT2D eigenvalue weighted by Crippen LogP contribution is -2.49. The van der Waals surface area contributed by atoms with Gasteiger partial charge in [-0.25, -0.2) is 13.6 Å². The second kappa shape index (κ2) is 8.76. The first-order valence-corrected chi connectivity index (χ1v) is 9.98. The van der Waals surface area contributed by atoms with E-state index in [0.29, 0.717) is 44.2 Å². The fraction of sp³-hybridized carbons (Fsp3) is 0.333. The van der Waals surface area contributed by atoms with Gasteiger partial charge in [0, 0.05) is 37.9 Å². The average molecular weight is 427 g/mol. The zero-order chi connectivity index (χ0) is 22.0. The molecule has 0 unspecified atom stereocenters. The number of nitrogens with zero attached hydrogens (tertiary/aromatic N) is 6. The lowest BCUT2D eigenvalue weighted by molar-refractivity contribution is 0.140. The molecule has 0 atom stereocenters. The van der Waals surface area contributed by atoms with Crippen LogP contribution >= 0.6 is 0 Å². The van der Waals surface area contributed by atoms with Gasteiger partial charge in [-0.1, -0.05) is 6.07 Å². The Labute approximate surface area is 178 Å². The number of benzene rings is 2. The molecule has 4 rings (SSSR count). The first-order chi connectivity index (χ1) is 14.9. The van der Waals surface area contributed by atoms with Gasteiger partial charge in [0.2, 0.25) is 0 Å². The summed E-state index contributed by atoms with van der Waals surface area (Å²) in [6.45, 7) is 6.83. The third-order valence-corrected chi connectivity index (χ3v) is 5.18. The van der Waals surface area contributed by atoms with Crippen LogP contribution in [0.2, 0.25) is 0 Å². The maximum absolute atomic E-state index is 13.6. The second-order valence-corrected chi connectivity index (χ2v) is 7.68. The van der Waals surface area contributed by atoms with Crippen LogP contribution in [0, 0.1) is 25.5 Å². The number of carbonyl (C=O) groups is 1. The molecule has 1 N–H and O–H groups in total. The van der Waals surface area contributed by atoms with E-state index in [4.69, 9.17) is 0 Å². The van der Waals surface area contributed by atoms with Crippen molar-refractivity contribution >= 4 is 11.7 Å². The number of nitrogens with one attached hydrogen (secondary N) is 1. The molecular formula is C21H23F2N7O. The number of aromatic nitrogens is 4. The Bertz CT molecular complexity index is 1070. The molecule has 10 heteroatoms. The zero-order valence-corrected chi connectivity index (χ0v) is 17.3. The van der Waals surface area contributed by atoms with Crippen LogP contribution in [-0.4, -0.2) is 62.2 Å². The number of halogens is 2. The maximum atomic E-state index is 13.6. The molecule has 0 bridgehead atoms. The fourth-order valence-corrected chi connectivity index (χ4v) is 3.68. The smallest absolute Gasteiger partial charge is 0.321 e. The van der Waals surface area contributed by atoms with Crippen LogP contribution in [0.3, 0.4) is 0 Å². The van der Waals surface area contributed by atoms with Crippen LogP contribution in [0.15, 0.2) is 36.4 Å². The molecule has 0 saturated carbocycles. The Morgan fingerprint density at radius 2 is 1.71 bits per heavy atom. The van der Waals surface area contributed by atoms with Crippen LogP contribution in [0.5, 0.6) is 0 Å². The predicted octanol–water partition coefficient (Wildman–Crippen LogP) is 2.91. The highest BCUT2D eigenvalue weighted by molar-refractivity contribution is 5.89. The largest absolute Gasteiger partial charge is 0.322 e. The van der Waals surface area contributed by atoms with Crippen molar-refractivity contribution in [3.05, 3.63) is 65.0 Å². The summed E-state index contributed by atoms with van der Waals surface area (Å²) in [5, 5.41) is 14.5. The van der Waals surface area contributed by atoms with Crippen molar-refractivity contribution in [1.82, 2.24) is 30.0 Å². The molecule has 2 amide bonds. The highest BCUT2D eigenvalue weighted by Gasteiger charge is 2.23. The Hall–Kier alpha value is -3.40. The molecule has 1 aliphatic heterocycles. The lowest BCUT2D eigenvalue weighted by atomic mass is 10.1. The van der Waals surface area contributed by atoms with Crippen LogP contribution in [-0.2, 0) is 6.54 Å². The molecule has 1 saturated heterocycles. The van der Waals surface area contributed by atoms with Crippen LogP contribution in [0.25, 0.3) is 5.69 Å². The van der Waals surface area contributed by atoms with Crippen molar-refractivity contribution in [2.75, 3.05) is 31.5 Å². The summed E-state index contributed by atoms with van der Waals surface area (Å²) in [4.78, 5) is 16.5. The summed E-state index contributed by atoms with van der Waals surface area (Å²) < 4.78 is 28.2. The van der Waals surface area contributed by atoms with Gasteiger partial charge >= 0.3 is 6.03 Å². The average Bonchev–Trinajstić information content (AvgIpc) is 3.18. The summed E-state index contributed by atoms with van der Waals surface area (Å²) in [5.41, 5.74) is 3.33. The lowest BCUT2D eigenvalue weighted by Gasteiger charge is -2.34. The van der Waals surface area contributed by atoms with E-state index in [1.807, 2.05) is 26.0 Å². The quantitative estimate of drug-likeness (QED) is 0.693. The Balaban J connectivity index is 1.35. The highest BCUT2D eigenvalue weighted by atomic mass is 19.2. The van der Waals surface area contributed by atoms with Crippen molar-refractivity contribution in [1.29, 1.82) is 0 Å². The monoisotopic (exact) mass is 427 g/mol. The molecule has 0 spiro atoms. The number of amides is 2. The van der Waals surface area contributed by atoms with Gasteiger partial charge in [-0.15, -0.1) is 5.10 Å². The molecule has 2 aromatic carbocycles. The van der Waals surface area contributed by atoms with Gasteiger partial charge in [-0.05, 0) is 59.7 Å². The molecular weight excluding hydrogens is 404 g/mol. The third kappa shape index (κ3) is 4.85. The summed E-state index contributed by atoms with van der Waals surface area (Å²) in [6, 6.07) is 9.35. The summed E-state index contributed by atoms with van der Waals surface area (Å²) in [7, 11) is 0. The van der Waals surface area contributed by atoms with E-state index >= 15 is 0 Å². The van der Waals surface area contributed by atoms with Crippen LogP contribution in [0.4, 0.5) is 19.3 Å². The number of piperazine rings is 1. The minimum Gasteiger partial charge on any atom is -0.322 e. The number of aryl methyl sites for hydroxylation is 2. The highest BCUT2D eigenvalue weighted by Crippen LogP contribution is 2.17. The maximum Gasteiger partial charge on any atom is 0.321 e. The van der Waals surface area contributed by atoms with E-state index in [1.165, 1.54) is 10.7 Å². The molecule has 0 aliphatic carbocycles. The van der Waals surface area contributed by atoms with E-state index in [9.17, 15) is 13.6 Å². The van der Waals surface area contributed by atoms with Crippen LogP contribution < -0.4 is 5.32 Å². The van der Waals surface area contributed by atoms with E-state index in [1.54, 1.807) is 4.90 Å². The molecule has 8 nitrogen and oxygen atoms in total.